The Morgan fingerprint density at radius 2 is 1.66 bits per heavy atom. The molecule has 280 valence electrons. The largest absolute Gasteiger partial charge is 0.573 e. The van der Waals surface area contributed by atoms with Gasteiger partial charge >= 0.3 is 17.7 Å². The fraction of sp³-hybridized carbons (Fsp3) is 0.394. The van der Waals surface area contributed by atoms with Crippen molar-refractivity contribution in [3.63, 3.8) is 0 Å². The molecule has 0 spiro atoms. The summed E-state index contributed by atoms with van der Waals surface area (Å²) >= 11 is 14.1. The van der Waals surface area contributed by atoms with E-state index in [1.807, 2.05) is 0 Å². The second-order valence-electron chi connectivity index (χ2n) is 12.8. The molecular formula is C33H29Cl2F3N6O9. The monoisotopic (exact) mass is 780 g/mol. The number of methoxy groups -OCH3 is 2. The van der Waals surface area contributed by atoms with E-state index in [9.17, 15) is 42.3 Å². The van der Waals surface area contributed by atoms with Gasteiger partial charge in [-0.3, -0.25) is 19.3 Å². The number of aryl methyl sites for hydroxylation is 2. The highest BCUT2D eigenvalue weighted by Gasteiger charge is 2.75. The van der Waals surface area contributed by atoms with E-state index in [1.54, 1.807) is 12.1 Å². The molecule has 0 unspecified atom stereocenters. The minimum atomic E-state index is -5.12. The van der Waals surface area contributed by atoms with Crippen molar-refractivity contribution >= 4 is 46.0 Å². The maximum Gasteiger partial charge on any atom is 0.573 e. The number of hydrogen-bond acceptors (Lipinski definition) is 10. The third kappa shape index (κ3) is 5.16. The first-order valence-electron chi connectivity index (χ1n) is 15.9. The molecule has 2 aliphatic heterocycles. The zero-order chi connectivity index (χ0) is 38.5. The van der Waals surface area contributed by atoms with Crippen LogP contribution in [0.2, 0.25) is 0 Å². The second-order valence-corrected chi connectivity index (χ2v) is 14.1. The molecule has 0 bridgehead atoms. The number of imide groups is 1. The Morgan fingerprint density at radius 1 is 0.981 bits per heavy atom. The minimum absolute atomic E-state index is 0.0328. The lowest BCUT2D eigenvalue weighted by molar-refractivity contribution is -0.274. The number of ether oxygens (including phenoxy) is 3. The van der Waals surface area contributed by atoms with Gasteiger partial charge in [-0.25, -0.2) is 28.5 Å². The van der Waals surface area contributed by atoms with Crippen LogP contribution in [0.5, 0.6) is 23.0 Å². The summed E-state index contributed by atoms with van der Waals surface area (Å²) in [6, 6.07) is 4.50. The van der Waals surface area contributed by atoms with Gasteiger partial charge < -0.3 is 23.9 Å². The van der Waals surface area contributed by atoms with Crippen LogP contribution in [0.25, 0.3) is 11.0 Å². The molecule has 2 fully saturated rings. The fourth-order valence-electron chi connectivity index (χ4n) is 7.64. The molecule has 1 aliphatic carbocycles. The average Bonchev–Trinajstić information content (AvgIpc) is 3.43. The van der Waals surface area contributed by atoms with E-state index in [4.69, 9.17) is 32.7 Å². The number of likely N-dealkylation sites (tertiary alicyclic amines) is 1. The summed E-state index contributed by atoms with van der Waals surface area (Å²) in [5.41, 5.74) is -1.50. The Hall–Kier alpha value is -5.23. The molecule has 4 heterocycles. The number of nitrogens with zero attached hydrogens (tertiary/aromatic N) is 6. The van der Waals surface area contributed by atoms with Gasteiger partial charge in [0.2, 0.25) is 0 Å². The fourth-order valence-corrected chi connectivity index (χ4v) is 8.63. The van der Waals surface area contributed by atoms with E-state index in [0.717, 1.165) is 39.2 Å². The molecular weight excluding hydrogens is 752 g/mol. The van der Waals surface area contributed by atoms with E-state index in [1.165, 1.54) is 31.9 Å². The Balaban J connectivity index is 1.32. The van der Waals surface area contributed by atoms with Crippen LogP contribution in [0.1, 0.15) is 29.6 Å². The number of fused-ring (bicyclic) bond motifs is 5. The number of aromatic hydroxyl groups is 1. The number of aromatic nitrogens is 5. The van der Waals surface area contributed by atoms with Gasteiger partial charge in [0, 0.05) is 57.1 Å². The first kappa shape index (κ1) is 36.1. The van der Waals surface area contributed by atoms with Gasteiger partial charge in [-0.1, -0.05) is 6.08 Å². The molecule has 53 heavy (non-hydrogen) atoms. The topological polar surface area (TPSA) is 169 Å². The van der Waals surface area contributed by atoms with Crippen LogP contribution in [0.4, 0.5) is 13.2 Å². The Kier molecular flexibility index (Phi) is 8.29. The quantitative estimate of drug-likeness (QED) is 0.167. The highest BCUT2D eigenvalue weighted by atomic mass is 35.5. The van der Waals surface area contributed by atoms with Crippen molar-refractivity contribution in [2.45, 2.75) is 54.0 Å². The molecule has 1 saturated carbocycles. The number of carbonyl (C=O) groups excluding carboxylic acids is 2. The van der Waals surface area contributed by atoms with E-state index in [-0.39, 0.29) is 36.3 Å². The van der Waals surface area contributed by atoms with E-state index >= 15 is 0 Å². The molecule has 1 saturated heterocycles. The van der Waals surface area contributed by atoms with E-state index in [2.05, 4.69) is 9.72 Å². The van der Waals surface area contributed by atoms with Crippen LogP contribution in [0, 0.1) is 0 Å². The number of hydrogen-bond donors (Lipinski definition) is 1. The van der Waals surface area contributed by atoms with Crippen molar-refractivity contribution in [1.82, 2.24) is 28.4 Å². The molecule has 3 aliphatic rings. The predicted octanol–water partition coefficient (Wildman–Crippen LogP) is 2.54. The maximum atomic E-state index is 14.1. The lowest BCUT2D eigenvalue weighted by Gasteiger charge is -2.49. The Morgan fingerprint density at radius 3 is 2.32 bits per heavy atom. The molecule has 7 rings (SSSR count). The van der Waals surface area contributed by atoms with Crippen LogP contribution in [-0.2, 0) is 36.1 Å². The van der Waals surface area contributed by atoms with Crippen molar-refractivity contribution < 1.29 is 42.1 Å². The van der Waals surface area contributed by atoms with Gasteiger partial charge in [0.25, 0.3) is 17.4 Å². The molecule has 2 aromatic carbocycles. The second kappa shape index (κ2) is 12.2. The molecule has 2 amide bonds. The summed E-state index contributed by atoms with van der Waals surface area (Å²) in [4.78, 5) is 69.1. The highest BCUT2D eigenvalue weighted by molar-refractivity contribution is 6.53. The van der Waals surface area contributed by atoms with E-state index < -0.39 is 74.7 Å². The summed E-state index contributed by atoms with van der Waals surface area (Å²) < 4.78 is 58.8. The normalized spacial score (nSPS) is 23.8. The standard InChI is InChI=1S/C33H29Cl2F3N6O9/c1-40-20-13-24(52-4)23(51-3)12-19(20)39-18(26(40)46)8-9-42-29(49)43-10-7-16-21(44(43)30(42)50)14-31(34)27(47)41(2)28(48)32(31,35)25(16)17-11-15(5-6-22(17)45)53-33(36,37)38/h5-7,11-13,21,25,45H,8-10,14H2,1-4H3/t21-,25-,31-,32+/m1/s1. The molecule has 20 heteroatoms. The highest BCUT2D eigenvalue weighted by Crippen LogP contribution is 2.64. The number of rotatable bonds is 7. The zero-order valence-electron chi connectivity index (χ0n) is 28.2. The Bertz CT molecular complexity index is 2470. The van der Waals surface area contributed by atoms with Crippen LogP contribution >= 0.6 is 23.2 Å². The number of allylic oxidation sites excluding steroid dienone is 2. The van der Waals surface area contributed by atoms with Gasteiger partial charge in [-0.2, -0.15) is 0 Å². The van der Waals surface area contributed by atoms with E-state index in [0.29, 0.717) is 27.4 Å². The Labute approximate surface area is 305 Å². The number of amides is 2. The van der Waals surface area contributed by atoms with Gasteiger partial charge in [0.15, 0.2) is 21.2 Å². The number of halogens is 5. The molecule has 2 aromatic heterocycles. The lowest BCUT2D eigenvalue weighted by atomic mass is 9.64. The smallest absolute Gasteiger partial charge is 0.508 e. The zero-order valence-corrected chi connectivity index (χ0v) is 29.7. The van der Waals surface area contributed by atoms with Crippen LogP contribution < -0.4 is 31.1 Å². The summed E-state index contributed by atoms with van der Waals surface area (Å²) in [6.07, 6.45) is -4.32. The molecule has 15 nitrogen and oxygen atoms in total. The summed E-state index contributed by atoms with van der Waals surface area (Å²) in [5, 5.41) is 11.0. The average molecular weight is 782 g/mol. The van der Waals surface area contributed by atoms with Crippen LogP contribution in [0.15, 0.2) is 56.4 Å². The summed E-state index contributed by atoms with van der Waals surface area (Å²) in [7, 11) is 5.54. The summed E-state index contributed by atoms with van der Waals surface area (Å²) in [5.74, 6) is -4.16. The number of benzene rings is 2. The molecule has 1 N–H and O–H groups in total. The van der Waals surface area contributed by atoms with Gasteiger partial charge in [0.1, 0.15) is 17.2 Å². The maximum absolute atomic E-state index is 14.1. The number of carbonyl (C=O) groups is 2. The third-order valence-electron chi connectivity index (χ3n) is 10.1. The first-order chi connectivity index (χ1) is 24.9. The van der Waals surface area contributed by atoms with Crippen molar-refractivity contribution in [3.05, 3.63) is 84.6 Å². The van der Waals surface area contributed by atoms with Crippen LogP contribution in [-0.4, -0.2) is 82.7 Å². The number of phenols is 1. The van der Waals surface area contributed by atoms with Crippen molar-refractivity contribution in [1.29, 1.82) is 0 Å². The van der Waals surface area contributed by atoms with Gasteiger partial charge in [-0.15, -0.1) is 36.4 Å². The summed E-state index contributed by atoms with van der Waals surface area (Å²) in [6.45, 7) is -0.582. The SMILES string of the molecule is COc1cc2nc(CCn3c(=O)n4n(c3=O)[C@@H]3C[C@@]5(Cl)C(=O)N(C)C(=O)[C@@]5(Cl)[C@@H](c5cc(OC(F)(F)F)ccc5O)C3=CC4)c(=O)n(C)c2cc1OC. The van der Waals surface area contributed by atoms with Gasteiger partial charge in [-0.05, 0) is 23.8 Å². The number of phenolic OH excluding ortho intramolecular Hbond substituents is 1. The van der Waals surface area contributed by atoms with Crippen molar-refractivity contribution in [3.8, 4) is 23.0 Å². The van der Waals surface area contributed by atoms with Crippen molar-refractivity contribution in [2.24, 2.45) is 7.05 Å². The predicted molar refractivity (Wildman–Crippen MR) is 181 cm³/mol. The lowest BCUT2D eigenvalue weighted by Crippen LogP contribution is -2.59. The first-order valence-corrected chi connectivity index (χ1v) is 16.7. The third-order valence-corrected chi connectivity index (χ3v) is 11.5. The van der Waals surface area contributed by atoms with Crippen LogP contribution in [0.3, 0.4) is 0 Å². The minimum Gasteiger partial charge on any atom is -0.508 e. The molecule has 4 aromatic rings. The molecule has 4 atom stereocenters. The number of alkyl halides is 5. The molecule has 0 radical (unpaired) electrons. The van der Waals surface area contributed by atoms with Crippen molar-refractivity contribution in [2.75, 3.05) is 21.3 Å². The van der Waals surface area contributed by atoms with Gasteiger partial charge in [0.05, 0.1) is 37.8 Å².